The van der Waals surface area contributed by atoms with Crippen LogP contribution >= 0.6 is 0 Å². The lowest BCUT2D eigenvalue weighted by Crippen LogP contribution is -2.17. The zero-order valence-corrected chi connectivity index (χ0v) is 8.21. The third-order valence-electron chi connectivity index (χ3n) is 1.69. The molecule has 16 heavy (non-hydrogen) atoms. The van der Waals surface area contributed by atoms with Crippen molar-refractivity contribution in [3.8, 4) is 0 Å². The first-order valence-corrected chi connectivity index (χ1v) is 4.45. The van der Waals surface area contributed by atoms with Gasteiger partial charge >= 0.3 is 6.18 Å². The van der Waals surface area contributed by atoms with E-state index in [1.807, 2.05) is 0 Å². The van der Waals surface area contributed by atoms with Crippen molar-refractivity contribution >= 4 is 17.4 Å². The number of rotatable bonds is 3. The Morgan fingerprint density at radius 2 is 2.12 bits per heavy atom. The van der Waals surface area contributed by atoms with E-state index in [0.717, 1.165) is 0 Å². The van der Waals surface area contributed by atoms with Crippen molar-refractivity contribution in [3.05, 3.63) is 18.3 Å². The van der Waals surface area contributed by atoms with Crippen molar-refractivity contribution in [2.24, 2.45) is 0 Å². The summed E-state index contributed by atoms with van der Waals surface area (Å²) in [5, 5.41) is 2.24. The normalized spacial score (nSPS) is 11.2. The molecular formula is C9H10F3N3O. The van der Waals surface area contributed by atoms with Gasteiger partial charge in [-0.3, -0.25) is 4.79 Å². The predicted molar refractivity (Wildman–Crippen MR) is 52.6 cm³/mol. The lowest BCUT2D eigenvalue weighted by atomic mass is 10.3. The summed E-state index contributed by atoms with van der Waals surface area (Å²) < 4.78 is 35.4. The molecule has 1 rings (SSSR count). The molecule has 0 aliphatic rings. The van der Waals surface area contributed by atoms with Gasteiger partial charge in [-0.25, -0.2) is 4.98 Å². The van der Waals surface area contributed by atoms with E-state index < -0.39 is 24.9 Å². The molecule has 1 amide bonds. The van der Waals surface area contributed by atoms with Crippen LogP contribution in [0.2, 0.25) is 0 Å². The van der Waals surface area contributed by atoms with Crippen molar-refractivity contribution in [1.29, 1.82) is 0 Å². The lowest BCUT2D eigenvalue weighted by molar-refractivity contribution is -0.142. The van der Waals surface area contributed by atoms with Gasteiger partial charge < -0.3 is 11.1 Å². The van der Waals surface area contributed by atoms with Crippen LogP contribution in [0.5, 0.6) is 0 Å². The number of aromatic nitrogens is 1. The van der Waals surface area contributed by atoms with E-state index in [2.05, 4.69) is 10.3 Å². The second kappa shape index (κ2) is 4.82. The minimum atomic E-state index is -4.33. The standard InChI is InChI=1S/C9H10F3N3O/c10-9(11,12)4-3-8(16)15-7-2-1-6(13)5-14-7/h1-2,5H,3-4,13H2,(H,14,15,16). The second-order valence-corrected chi connectivity index (χ2v) is 3.14. The van der Waals surface area contributed by atoms with Crippen molar-refractivity contribution < 1.29 is 18.0 Å². The zero-order chi connectivity index (χ0) is 12.2. The SMILES string of the molecule is Nc1ccc(NC(=O)CCC(F)(F)F)nc1. The molecule has 4 nitrogen and oxygen atoms in total. The molecular weight excluding hydrogens is 223 g/mol. The molecule has 3 N–H and O–H groups in total. The zero-order valence-electron chi connectivity index (χ0n) is 8.21. The summed E-state index contributed by atoms with van der Waals surface area (Å²) in [6, 6.07) is 2.91. The Hall–Kier alpha value is -1.79. The molecule has 0 aliphatic carbocycles. The molecule has 0 bridgehead atoms. The highest BCUT2D eigenvalue weighted by atomic mass is 19.4. The first-order chi connectivity index (χ1) is 7.37. The van der Waals surface area contributed by atoms with E-state index in [4.69, 9.17) is 5.73 Å². The molecule has 1 aromatic rings. The van der Waals surface area contributed by atoms with Gasteiger partial charge in [0.25, 0.3) is 0 Å². The van der Waals surface area contributed by atoms with E-state index in [-0.39, 0.29) is 5.82 Å². The maximum absolute atomic E-state index is 11.8. The number of anilines is 2. The fraction of sp³-hybridized carbons (Fsp3) is 0.333. The molecule has 1 heterocycles. The quantitative estimate of drug-likeness (QED) is 0.838. The number of nitrogen functional groups attached to an aromatic ring is 1. The number of nitrogens with one attached hydrogen (secondary N) is 1. The van der Waals surface area contributed by atoms with Gasteiger partial charge in [-0.15, -0.1) is 0 Å². The molecule has 1 aromatic heterocycles. The smallest absolute Gasteiger partial charge is 0.389 e. The van der Waals surface area contributed by atoms with Gasteiger partial charge in [0.05, 0.1) is 18.3 Å². The van der Waals surface area contributed by atoms with Gasteiger partial charge in [0.15, 0.2) is 0 Å². The molecule has 0 fully saturated rings. The monoisotopic (exact) mass is 233 g/mol. The first-order valence-electron chi connectivity index (χ1n) is 4.45. The number of nitrogens with two attached hydrogens (primary N) is 1. The van der Waals surface area contributed by atoms with E-state index in [1.54, 1.807) is 0 Å². The molecule has 0 unspecified atom stereocenters. The van der Waals surface area contributed by atoms with Gasteiger partial charge in [0.2, 0.25) is 5.91 Å². The number of carbonyl (C=O) groups is 1. The molecule has 0 atom stereocenters. The molecule has 0 spiro atoms. The fourth-order valence-electron chi connectivity index (χ4n) is 0.940. The fourth-order valence-corrected chi connectivity index (χ4v) is 0.940. The minimum Gasteiger partial charge on any atom is -0.397 e. The number of alkyl halides is 3. The number of hydrogen-bond donors (Lipinski definition) is 2. The van der Waals surface area contributed by atoms with Gasteiger partial charge in [-0.1, -0.05) is 0 Å². The Kier molecular flexibility index (Phi) is 3.70. The third-order valence-corrected chi connectivity index (χ3v) is 1.69. The number of pyridine rings is 1. The van der Waals surface area contributed by atoms with Crippen molar-refractivity contribution in [2.45, 2.75) is 19.0 Å². The Morgan fingerprint density at radius 3 is 2.62 bits per heavy atom. The van der Waals surface area contributed by atoms with Crippen LogP contribution in [0.4, 0.5) is 24.7 Å². The lowest BCUT2D eigenvalue weighted by Gasteiger charge is -2.06. The van der Waals surface area contributed by atoms with Crippen LogP contribution < -0.4 is 11.1 Å². The van der Waals surface area contributed by atoms with E-state index >= 15 is 0 Å². The predicted octanol–water partition coefficient (Wildman–Crippen LogP) is 1.94. The van der Waals surface area contributed by atoms with Crippen molar-refractivity contribution in [2.75, 3.05) is 11.1 Å². The van der Waals surface area contributed by atoms with Crippen LogP contribution in [0, 0.1) is 0 Å². The molecule has 7 heteroatoms. The summed E-state index contributed by atoms with van der Waals surface area (Å²) in [5.41, 5.74) is 5.76. The largest absolute Gasteiger partial charge is 0.397 e. The van der Waals surface area contributed by atoms with Crippen LogP contribution in [0.25, 0.3) is 0 Å². The van der Waals surface area contributed by atoms with Gasteiger partial charge in [-0.2, -0.15) is 13.2 Å². The minimum absolute atomic E-state index is 0.182. The number of halogens is 3. The second-order valence-electron chi connectivity index (χ2n) is 3.14. The van der Waals surface area contributed by atoms with Gasteiger partial charge in [-0.05, 0) is 12.1 Å². The third kappa shape index (κ3) is 4.63. The average Bonchev–Trinajstić information content (AvgIpc) is 2.18. The van der Waals surface area contributed by atoms with Crippen LogP contribution in [0.3, 0.4) is 0 Å². The maximum Gasteiger partial charge on any atom is 0.389 e. The summed E-state index contributed by atoms with van der Waals surface area (Å²) >= 11 is 0. The number of nitrogens with zero attached hydrogens (tertiary/aromatic N) is 1. The Labute approximate surface area is 89.7 Å². The average molecular weight is 233 g/mol. The summed E-state index contributed by atoms with van der Waals surface area (Å²) in [4.78, 5) is 14.8. The van der Waals surface area contributed by atoms with Crippen molar-refractivity contribution in [1.82, 2.24) is 4.98 Å². The van der Waals surface area contributed by atoms with Crippen LogP contribution in [-0.2, 0) is 4.79 Å². The summed E-state index contributed by atoms with van der Waals surface area (Å²) in [6.07, 6.45) is -4.78. The van der Waals surface area contributed by atoms with Crippen molar-refractivity contribution in [3.63, 3.8) is 0 Å². The summed E-state index contributed by atoms with van der Waals surface area (Å²) in [5.74, 6) is -0.545. The molecule has 88 valence electrons. The topological polar surface area (TPSA) is 68.0 Å². The summed E-state index contributed by atoms with van der Waals surface area (Å²) in [6.45, 7) is 0. The van der Waals surface area contributed by atoms with Gasteiger partial charge in [0.1, 0.15) is 5.82 Å². The van der Waals surface area contributed by atoms with E-state index in [9.17, 15) is 18.0 Å². The van der Waals surface area contributed by atoms with Crippen LogP contribution in [-0.4, -0.2) is 17.1 Å². The number of amides is 1. The highest BCUT2D eigenvalue weighted by molar-refractivity contribution is 5.89. The highest BCUT2D eigenvalue weighted by Crippen LogP contribution is 2.21. The maximum atomic E-state index is 11.8. The number of hydrogen-bond acceptors (Lipinski definition) is 3. The van der Waals surface area contributed by atoms with E-state index in [0.29, 0.717) is 5.69 Å². The van der Waals surface area contributed by atoms with Crippen LogP contribution in [0.15, 0.2) is 18.3 Å². The highest BCUT2D eigenvalue weighted by Gasteiger charge is 2.27. The first kappa shape index (κ1) is 12.3. The molecule has 0 saturated carbocycles. The molecule has 0 radical (unpaired) electrons. The molecule has 0 aliphatic heterocycles. The Bertz CT molecular complexity index is 361. The van der Waals surface area contributed by atoms with Crippen LogP contribution in [0.1, 0.15) is 12.8 Å². The molecule has 0 saturated heterocycles. The summed E-state index contributed by atoms with van der Waals surface area (Å²) in [7, 11) is 0. The van der Waals surface area contributed by atoms with E-state index in [1.165, 1.54) is 18.3 Å². The number of carbonyl (C=O) groups excluding carboxylic acids is 1. The molecule has 0 aromatic carbocycles. The Balaban J connectivity index is 2.43. The van der Waals surface area contributed by atoms with Gasteiger partial charge in [0, 0.05) is 6.42 Å². The Morgan fingerprint density at radius 1 is 1.44 bits per heavy atom.